The van der Waals surface area contributed by atoms with E-state index >= 15 is 0 Å². The molecule has 20 heavy (non-hydrogen) atoms. The van der Waals surface area contributed by atoms with Crippen molar-refractivity contribution in [3.63, 3.8) is 0 Å². The molecule has 3 N–H and O–H groups in total. The van der Waals surface area contributed by atoms with Crippen LogP contribution in [0.25, 0.3) is 0 Å². The second-order valence-electron chi connectivity index (χ2n) is 7.21. The molecule has 2 saturated carbocycles. The number of nitrogens with one attached hydrogen (secondary N) is 1. The first-order chi connectivity index (χ1) is 9.27. The van der Waals surface area contributed by atoms with Gasteiger partial charge in [-0.05, 0) is 52.9 Å². The van der Waals surface area contributed by atoms with Crippen molar-refractivity contribution in [3.05, 3.63) is 0 Å². The van der Waals surface area contributed by atoms with Gasteiger partial charge in [0, 0.05) is 24.6 Å². The lowest BCUT2D eigenvalue weighted by atomic mass is 9.54. The summed E-state index contributed by atoms with van der Waals surface area (Å²) in [5.74, 6) is 0. The summed E-state index contributed by atoms with van der Waals surface area (Å²) in [6, 6.07) is 0.324. The van der Waals surface area contributed by atoms with Crippen LogP contribution in [0.5, 0.6) is 0 Å². The Bertz CT molecular complexity index is 357. The molecule has 1 spiro atoms. The van der Waals surface area contributed by atoms with E-state index in [1.807, 2.05) is 20.8 Å². The van der Waals surface area contributed by atoms with Crippen LogP contribution in [0.1, 0.15) is 52.9 Å². The zero-order valence-electron chi connectivity index (χ0n) is 13.1. The third-order valence-corrected chi connectivity index (χ3v) is 4.81. The Balaban J connectivity index is 1.92. The number of rotatable bonds is 2. The standard InChI is InChI=1S/C15H28N2O3/c1-14(2,3)20-13(18)17-12-9-11(16)15(12)7-5-10(19-4)6-8-15/h10-12H,5-9,16H2,1-4H3,(H,17,18). The van der Waals surface area contributed by atoms with Crippen LogP contribution >= 0.6 is 0 Å². The second-order valence-corrected chi connectivity index (χ2v) is 7.21. The van der Waals surface area contributed by atoms with Gasteiger partial charge in [-0.3, -0.25) is 0 Å². The quantitative estimate of drug-likeness (QED) is 0.815. The molecule has 2 fully saturated rings. The minimum Gasteiger partial charge on any atom is -0.444 e. The fraction of sp³-hybridized carbons (Fsp3) is 0.933. The summed E-state index contributed by atoms with van der Waals surface area (Å²) in [6.07, 6.45) is 4.95. The van der Waals surface area contributed by atoms with E-state index in [2.05, 4.69) is 5.32 Å². The molecule has 116 valence electrons. The number of carbonyl (C=O) groups is 1. The maximum Gasteiger partial charge on any atom is 0.407 e. The summed E-state index contributed by atoms with van der Waals surface area (Å²) in [6.45, 7) is 5.62. The van der Waals surface area contributed by atoms with E-state index < -0.39 is 5.60 Å². The summed E-state index contributed by atoms with van der Waals surface area (Å²) >= 11 is 0. The first-order valence-corrected chi connectivity index (χ1v) is 7.55. The van der Waals surface area contributed by atoms with E-state index in [4.69, 9.17) is 15.2 Å². The van der Waals surface area contributed by atoms with Gasteiger partial charge in [0.1, 0.15) is 5.60 Å². The third kappa shape index (κ3) is 3.09. The Morgan fingerprint density at radius 2 is 1.90 bits per heavy atom. The van der Waals surface area contributed by atoms with E-state index in [1.54, 1.807) is 7.11 Å². The smallest absolute Gasteiger partial charge is 0.407 e. The Kier molecular flexibility index (Phi) is 4.30. The van der Waals surface area contributed by atoms with Gasteiger partial charge >= 0.3 is 6.09 Å². The highest BCUT2D eigenvalue weighted by Crippen LogP contribution is 2.51. The van der Waals surface area contributed by atoms with Gasteiger partial charge in [0.25, 0.3) is 0 Å². The highest BCUT2D eigenvalue weighted by molar-refractivity contribution is 5.68. The maximum atomic E-state index is 11.9. The Hall–Kier alpha value is -0.810. The molecule has 0 bridgehead atoms. The summed E-state index contributed by atoms with van der Waals surface area (Å²) in [5, 5.41) is 3.01. The molecule has 5 heteroatoms. The highest BCUT2D eigenvalue weighted by atomic mass is 16.6. The van der Waals surface area contributed by atoms with Gasteiger partial charge < -0.3 is 20.5 Å². The average molecular weight is 284 g/mol. The summed E-state index contributed by atoms with van der Waals surface area (Å²) in [5.41, 5.74) is 5.82. The number of amides is 1. The van der Waals surface area contributed by atoms with Crippen LogP contribution in [0.3, 0.4) is 0 Å². The Labute approximate surface area is 121 Å². The summed E-state index contributed by atoms with van der Waals surface area (Å²) in [7, 11) is 1.76. The molecular weight excluding hydrogens is 256 g/mol. The zero-order valence-corrected chi connectivity index (χ0v) is 13.1. The van der Waals surface area contributed by atoms with Gasteiger partial charge in [-0.1, -0.05) is 0 Å². The second kappa shape index (κ2) is 5.53. The van der Waals surface area contributed by atoms with Gasteiger partial charge in [0.15, 0.2) is 0 Å². The van der Waals surface area contributed by atoms with Crippen molar-refractivity contribution >= 4 is 6.09 Å². The lowest BCUT2D eigenvalue weighted by molar-refractivity contribution is -0.0519. The molecule has 0 aromatic heterocycles. The van der Waals surface area contributed by atoms with Crippen LogP contribution in [0, 0.1) is 5.41 Å². The number of ether oxygens (including phenoxy) is 2. The molecular formula is C15H28N2O3. The molecule has 5 nitrogen and oxygen atoms in total. The van der Waals surface area contributed by atoms with Crippen molar-refractivity contribution < 1.29 is 14.3 Å². The van der Waals surface area contributed by atoms with E-state index in [1.165, 1.54) is 0 Å². The largest absolute Gasteiger partial charge is 0.444 e. The molecule has 2 aliphatic carbocycles. The minimum absolute atomic E-state index is 0.0476. The molecule has 0 heterocycles. The Morgan fingerprint density at radius 1 is 1.30 bits per heavy atom. The molecule has 2 unspecified atom stereocenters. The monoisotopic (exact) mass is 284 g/mol. The van der Waals surface area contributed by atoms with Crippen LogP contribution in [-0.2, 0) is 9.47 Å². The number of nitrogens with two attached hydrogens (primary N) is 1. The van der Waals surface area contributed by atoms with Gasteiger partial charge in [0.05, 0.1) is 6.10 Å². The number of hydrogen-bond donors (Lipinski definition) is 2. The maximum absolute atomic E-state index is 11.9. The molecule has 2 rings (SSSR count). The van der Waals surface area contributed by atoms with Crippen LogP contribution in [0.4, 0.5) is 4.79 Å². The zero-order chi connectivity index (χ0) is 15.0. The van der Waals surface area contributed by atoms with Gasteiger partial charge in [-0.25, -0.2) is 4.79 Å². The van der Waals surface area contributed by atoms with E-state index in [0.29, 0.717) is 6.10 Å². The SMILES string of the molecule is COC1CCC2(CC1)C(N)CC2NC(=O)OC(C)(C)C. The minimum atomic E-state index is -0.461. The topological polar surface area (TPSA) is 73.6 Å². The van der Waals surface area contributed by atoms with Crippen LogP contribution < -0.4 is 11.1 Å². The highest BCUT2D eigenvalue weighted by Gasteiger charge is 2.55. The van der Waals surface area contributed by atoms with Crippen LogP contribution in [-0.4, -0.2) is 37.0 Å². The van der Waals surface area contributed by atoms with Crippen molar-refractivity contribution in [2.75, 3.05) is 7.11 Å². The molecule has 1 amide bonds. The van der Waals surface area contributed by atoms with Crippen LogP contribution in [0.15, 0.2) is 0 Å². The van der Waals surface area contributed by atoms with E-state index in [-0.39, 0.29) is 23.6 Å². The first-order valence-electron chi connectivity index (χ1n) is 7.55. The predicted molar refractivity (Wildman–Crippen MR) is 77.4 cm³/mol. The molecule has 2 atom stereocenters. The normalized spacial score (nSPS) is 37.4. The average Bonchev–Trinajstić information content (AvgIpc) is 2.36. The summed E-state index contributed by atoms with van der Waals surface area (Å²) < 4.78 is 10.8. The van der Waals surface area contributed by atoms with Crippen molar-refractivity contribution in [3.8, 4) is 0 Å². The molecule has 0 radical (unpaired) electrons. The van der Waals surface area contributed by atoms with E-state index in [9.17, 15) is 4.79 Å². The molecule has 0 aromatic rings. The lowest BCUT2D eigenvalue weighted by Gasteiger charge is -2.57. The first kappa shape index (κ1) is 15.6. The van der Waals surface area contributed by atoms with Gasteiger partial charge in [-0.15, -0.1) is 0 Å². The summed E-state index contributed by atoms with van der Waals surface area (Å²) in [4.78, 5) is 11.9. The van der Waals surface area contributed by atoms with Crippen LogP contribution in [0.2, 0.25) is 0 Å². The predicted octanol–water partition coefficient (Wildman–Crippen LogP) is 2.19. The number of methoxy groups -OCH3 is 1. The molecule has 2 aliphatic rings. The van der Waals surface area contributed by atoms with Gasteiger partial charge in [0.2, 0.25) is 0 Å². The van der Waals surface area contributed by atoms with Crippen molar-refractivity contribution in [2.24, 2.45) is 11.1 Å². The number of alkyl carbamates (subject to hydrolysis) is 1. The fourth-order valence-corrected chi connectivity index (χ4v) is 3.56. The Morgan fingerprint density at radius 3 is 2.35 bits per heavy atom. The van der Waals surface area contributed by atoms with E-state index in [0.717, 1.165) is 32.1 Å². The van der Waals surface area contributed by atoms with Crippen molar-refractivity contribution in [1.29, 1.82) is 0 Å². The number of carbonyl (C=O) groups excluding carboxylic acids is 1. The number of hydrogen-bond acceptors (Lipinski definition) is 4. The fourth-order valence-electron chi connectivity index (χ4n) is 3.56. The molecule has 0 saturated heterocycles. The molecule has 0 aliphatic heterocycles. The third-order valence-electron chi connectivity index (χ3n) is 4.81. The molecule has 0 aromatic carbocycles. The van der Waals surface area contributed by atoms with Crippen molar-refractivity contribution in [2.45, 2.75) is 76.7 Å². The lowest BCUT2D eigenvalue weighted by Crippen LogP contribution is -2.68. The van der Waals surface area contributed by atoms with Crippen molar-refractivity contribution in [1.82, 2.24) is 5.32 Å². The van der Waals surface area contributed by atoms with Gasteiger partial charge in [-0.2, -0.15) is 0 Å².